The largest absolute Gasteiger partial charge is 0.344 e. The molecule has 0 unspecified atom stereocenters. The van der Waals surface area contributed by atoms with Gasteiger partial charge in [0.2, 0.25) is 0 Å². The van der Waals surface area contributed by atoms with Crippen molar-refractivity contribution in [1.82, 2.24) is 0 Å². The van der Waals surface area contributed by atoms with Crippen molar-refractivity contribution in [2.24, 2.45) is 0 Å². The van der Waals surface area contributed by atoms with E-state index in [0.29, 0.717) is 0 Å². The lowest BCUT2D eigenvalue weighted by Crippen LogP contribution is -2.05. The zero-order chi connectivity index (χ0) is 9.68. The molecule has 0 amide bonds. The third-order valence-electron chi connectivity index (χ3n) is 1.46. The molecule has 0 bridgehead atoms. The third-order valence-corrected chi connectivity index (χ3v) is 1.46. The molecule has 13 heavy (non-hydrogen) atoms. The number of hydrogen-bond acceptors (Lipinski definition) is 3. The fourth-order valence-corrected chi connectivity index (χ4v) is 0.818. The van der Waals surface area contributed by atoms with Crippen LogP contribution in [0.15, 0.2) is 30.8 Å². The first kappa shape index (κ1) is 9.32. The molecule has 0 fully saturated rings. The summed E-state index contributed by atoms with van der Waals surface area (Å²) in [5.41, 5.74) is 4.27. The summed E-state index contributed by atoms with van der Waals surface area (Å²) in [6, 6.07) is 7.36. The Labute approximate surface area is 77.0 Å². The molecule has 0 aromatic heterocycles. The van der Waals surface area contributed by atoms with Crippen LogP contribution in [0.2, 0.25) is 0 Å². The Morgan fingerprint density at radius 1 is 1.46 bits per heavy atom. The average Bonchev–Trinajstić information content (AvgIpc) is 2.15. The molecule has 3 heteroatoms. The highest BCUT2D eigenvalue weighted by molar-refractivity contribution is 5.67. The highest BCUT2D eigenvalue weighted by Crippen LogP contribution is 2.09. The highest BCUT2D eigenvalue weighted by atomic mass is 16.7. The van der Waals surface area contributed by atoms with Crippen molar-refractivity contribution < 1.29 is 9.63 Å². The SMILES string of the molecule is C=Cc1ccc(NOC(C)=O)cc1. The van der Waals surface area contributed by atoms with Crippen molar-refractivity contribution in [2.75, 3.05) is 5.48 Å². The molecule has 0 heterocycles. The van der Waals surface area contributed by atoms with Crippen LogP contribution in [-0.2, 0) is 9.63 Å². The Bertz CT molecular complexity index is 303. The fourth-order valence-electron chi connectivity index (χ4n) is 0.818. The van der Waals surface area contributed by atoms with Crippen molar-refractivity contribution >= 4 is 17.7 Å². The summed E-state index contributed by atoms with van der Waals surface area (Å²) in [4.78, 5) is 15.0. The maximum absolute atomic E-state index is 10.4. The first-order chi connectivity index (χ1) is 6.22. The second-order valence-electron chi connectivity index (χ2n) is 2.52. The van der Waals surface area contributed by atoms with Gasteiger partial charge in [-0.1, -0.05) is 24.8 Å². The molecule has 68 valence electrons. The van der Waals surface area contributed by atoms with Gasteiger partial charge in [0.05, 0.1) is 5.69 Å². The zero-order valence-corrected chi connectivity index (χ0v) is 7.41. The van der Waals surface area contributed by atoms with Gasteiger partial charge in [-0.25, -0.2) is 5.48 Å². The van der Waals surface area contributed by atoms with Crippen LogP contribution in [-0.4, -0.2) is 5.97 Å². The van der Waals surface area contributed by atoms with Crippen molar-refractivity contribution in [3.05, 3.63) is 36.4 Å². The topological polar surface area (TPSA) is 38.3 Å². The molecule has 0 aliphatic rings. The molecule has 0 spiro atoms. The van der Waals surface area contributed by atoms with Gasteiger partial charge in [-0.05, 0) is 17.7 Å². The van der Waals surface area contributed by atoms with E-state index in [2.05, 4.69) is 16.9 Å². The van der Waals surface area contributed by atoms with E-state index >= 15 is 0 Å². The van der Waals surface area contributed by atoms with Crippen LogP contribution in [0.4, 0.5) is 5.69 Å². The van der Waals surface area contributed by atoms with Gasteiger partial charge in [0, 0.05) is 6.92 Å². The monoisotopic (exact) mass is 177 g/mol. The van der Waals surface area contributed by atoms with E-state index in [0.717, 1.165) is 11.3 Å². The van der Waals surface area contributed by atoms with Crippen LogP contribution in [0.25, 0.3) is 6.08 Å². The highest BCUT2D eigenvalue weighted by Gasteiger charge is 1.93. The molecule has 0 radical (unpaired) electrons. The summed E-state index contributed by atoms with van der Waals surface area (Å²) >= 11 is 0. The first-order valence-corrected chi connectivity index (χ1v) is 3.88. The van der Waals surface area contributed by atoms with E-state index in [1.54, 1.807) is 18.2 Å². The minimum Gasteiger partial charge on any atom is -0.344 e. The van der Waals surface area contributed by atoms with E-state index in [4.69, 9.17) is 0 Å². The fraction of sp³-hybridized carbons (Fsp3) is 0.100. The summed E-state index contributed by atoms with van der Waals surface area (Å²) < 4.78 is 0. The standard InChI is InChI=1S/C10H11NO2/c1-3-9-4-6-10(7-5-9)11-13-8(2)12/h3-7,11H,1H2,2H3. The Morgan fingerprint density at radius 2 is 2.08 bits per heavy atom. The number of hydrogen-bond donors (Lipinski definition) is 1. The normalized spacial score (nSPS) is 9.00. The molecule has 1 N–H and O–H groups in total. The maximum Gasteiger partial charge on any atom is 0.329 e. The molecule has 0 aliphatic carbocycles. The lowest BCUT2D eigenvalue weighted by Gasteiger charge is -2.04. The van der Waals surface area contributed by atoms with Crippen LogP contribution >= 0.6 is 0 Å². The first-order valence-electron chi connectivity index (χ1n) is 3.88. The second-order valence-corrected chi connectivity index (χ2v) is 2.52. The van der Waals surface area contributed by atoms with Gasteiger partial charge < -0.3 is 4.84 Å². The van der Waals surface area contributed by atoms with Crippen LogP contribution in [0, 0.1) is 0 Å². The van der Waals surface area contributed by atoms with Gasteiger partial charge in [-0.3, -0.25) is 4.79 Å². The molecule has 0 saturated carbocycles. The molecule has 0 saturated heterocycles. The number of carbonyl (C=O) groups excluding carboxylic acids is 1. The molecular weight excluding hydrogens is 166 g/mol. The molecule has 0 atom stereocenters. The summed E-state index contributed by atoms with van der Waals surface area (Å²) in [5, 5.41) is 0. The quantitative estimate of drug-likeness (QED) is 0.719. The number of nitrogens with one attached hydrogen (secondary N) is 1. The minimum atomic E-state index is -0.368. The smallest absolute Gasteiger partial charge is 0.329 e. The molecular formula is C10H11NO2. The Hall–Kier alpha value is -1.77. The molecule has 1 aromatic rings. The summed E-state index contributed by atoms with van der Waals surface area (Å²) in [7, 11) is 0. The van der Waals surface area contributed by atoms with Crippen LogP contribution in [0.5, 0.6) is 0 Å². The predicted molar refractivity (Wildman–Crippen MR) is 51.9 cm³/mol. The van der Waals surface area contributed by atoms with Crippen LogP contribution in [0.3, 0.4) is 0 Å². The van der Waals surface area contributed by atoms with Crippen molar-refractivity contribution in [1.29, 1.82) is 0 Å². The molecule has 1 aromatic carbocycles. The lowest BCUT2D eigenvalue weighted by atomic mass is 10.2. The second kappa shape index (κ2) is 4.30. The lowest BCUT2D eigenvalue weighted by molar-refractivity contribution is -0.138. The Kier molecular flexibility index (Phi) is 3.09. The number of rotatable bonds is 3. The Morgan fingerprint density at radius 3 is 2.54 bits per heavy atom. The number of anilines is 1. The van der Waals surface area contributed by atoms with Gasteiger partial charge >= 0.3 is 5.97 Å². The zero-order valence-electron chi connectivity index (χ0n) is 7.41. The molecule has 0 aliphatic heterocycles. The van der Waals surface area contributed by atoms with E-state index in [1.165, 1.54) is 6.92 Å². The van der Waals surface area contributed by atoms with E-state index in [1.807, 2.05) is 12.1 Å². The van der Waals surface area contributed by atoms with Crippen molar-refractivity contribution in [3.8, 4) is 0 Å². The van der Waals surface area contributed by atoms with Crippen molar-refractivity contribution in [2.45, 2.75) is 6.92 Å². The minimum absolute atomic E-state index is 0.368. The predicted octanol–water partition coefficient (Wildman–Crippen LogP) is 2.22. The van der Waals surface area contributed by atoms with Crippen LogP contribution < -0.4 is 5.48 Å². The van der Waals surface area contributed by atoms with Gasteiger partial charge in [-0.2, -0.15) is 0 Å². The van der Waals surface area contributed by atoms with Gasteiger partial charge in [-0.15, -0.1) is 0 Å². The Balaban J connectivity index is 2.59. The third kappa shape index (κ3) is 2.99. The summed E-state index contributed by atoms with van der Waals surface area (Å²) in [6.45, 7) is 4.97. The van der Waals surface area contributed by atoms with Gasteiger partial charge in [0.1, 0.15) is 0 Å². The van der Waals surface area contributed by atoms with E-state index < -0.39 is 0 Å². The number of carbonyl (C=O) groups is 1. The summed E-state index contributed by atoms with van der Waals surface area (Å²) in [6.07, 6.45) is 1.75. The van der Waals surface area contributed by atoms with Gasteiger partial charge in [0.15, 0.2) is 0 Å². The summed E-state index contributed by atoms with van der Waals surface area (Å²) in [5.74, 6) is -0.368. The molecule has 1 rings (SSSR count). The van der Waals surface area contributed by atoms with Crippen molar-refractivity contribution in [3.63, 3.8) is 0 Å². The van der Waals surface area contributed by atoms with E-state index in [9.17, 15) is 4.79 Å². The molecule has 3 nitrogen and oxygen atoms in total. The number of benzene rings is 1. The average molecular weight is 177 g/mol. The van der Waals surface area contributed by atoms with Crippen LogP contribution in [0.1, 0.15) is 12.5 Å². The van der Waals surface area contributed by atoms with E-state index in [-0.39, 0.29) is 5.97 Å². The van der Waals surface area contributed by atoms with Gasteiger partial charge in [0.25, 0.3) is 0 Å². The maximum atomic E-state index is 10.4.